The molecular formula is C26H25F6NO3. The molecule has 2 aromatic rings. The minimum absolute atomic E-state index is 0.209. The first-order valence-corrected chi connectivity index (χ1v) is 11.5. The standard InChI is InChI=1S/C26H25F6NO3/c1-16(34)15-33-23(18-6-3-8-20(14-18)36-26(30,31)32)12-11-22-21(9-4-10-24(22)33)17-5-2-7-19(13-17)35-25(27,28)29/h2-5,7-10,13-14,16,18,23,34H,6,11-12,15H2,1H3/t16-,18?,23-/m1/s1. The van der Waals surface area contributed by atoms with E-state index in [-0.39, 0.29) is 30.0 Å². The molecule has 1 N–H and O–H groups in total. The number of nitrogens with zero attached hydrogens (tertiary/aromatic N) is 1. The molecule has 0 saturated carbocycles. The molecule has 1 heterocycles. The van der Waals surface area contributed by atoms with Crippen LogP contribution in [0.25, 0.3) is 11.1 Å². The van der Waals surface area contributed by atoms with Crippen LogP contribution in [0.1, 0.15) is 25.3 Å². The SMILES string of the molecule is C[C@@H](O)CN1c2cccc(-c3cccc(OC(F)(F)F)c3)c2CC[C@@H]1C1C=C(OC(F)(F)F)C=CC1. The third-order valence-electron chi connectivity index (χ3n) is 6.19. The van der Waals surface area contributed by atoms with Crippen molar-refractivity contribution in [3.8, 4) is 16.9 Å². The second-order valence-electron chi connectivity index (χ2n) is 8.91. The molecule has 3 atom stereocenters. The van der Waals surface area contributed by atoms with Gasteiger partial charge in [-0.05, 0) is 73.2 Å². The summed E-state index contributed by atoms with van der Waals surface area (Å²) in [5.41, 5.74) is 2.95. The molecule has 2 aromatic carbocycles. The molecule has 2 aliphatic rings. The Kier molecular flexibility index (Phi) is 7.26. The summed E-state index contributed by atoms with van der Waals surface area (Å²) in [6.07, 6.45) is -4.28. The highest BCUT2D eigenvalue weighted by Gasteiger charge is 2.36. The Hall–Kier alpha value is -3.14. The lowest BCUT2D eigenvalue weighted by Gasteiger charge is -2.44. The fourth-order valence-electron chi connectivity index (χ4n) is 4.97. The van der Waals surface area contributed by atoms with Crippen LogP contribution in [0.4, 0.5) is 32.0 Å². The van der Waals surface area contributed by atoms with Gasteiger partial charge in [-0.3, -0.25) is 0 Å². The molecule has 4 nitrogen and oxygen atoms in total. The lowest BCUT2D eigenvalue weighted by Crippen LogP contribution is -2.47. The van der Waals surface area contributed by atoms with Gasteiger partial charge in [0.1, 0.15) is 11.5 Å². The Bertz CT molecular complexity index is 1140. The van der Waals surface area contributed by atoms with E-state index in [9.17, 15) is 31.4 Å². The average Bonchev–Trinajstić information content (AvgIpc) is 2.76. The molecule has 0 spiro atoms. The quantitative estimate of drug-likeness (QED) is 0.434. The van der Waals surface area contributed by atoms with Gasteiger partial charge in [0, 0.05) is 24.2 Å². The van der Waals surface area contributed by atoms with Gasteiger partial charge in [0.25, 0.3) is 0 Å². The molecule has 0 bridgehead atoms. The predicted octanol–water partition coefficient (Wildman–Crippen LogP) is 6.75. The normalized spacial score (nSPS) is 21.0. The number of β-amino-alcohol motifs (C(OH)–C–C–N with tert-alkyl or cyclic N) is 1. The molecule has 194 valence electrons. The first-order valence-electron chi connectivity index (χ1n) is 11.5. The van der Waals surface area contributed by atoms with E-state index in [0.29, 0.717) is 24.8 Å². The van der Waals surface area contributed by atoms with Crippen LogP contribution in [0.5, 0.6) is 5.75 Å². The van der Waals surface area contributed by atoms with Crippen LogP contribution in [-0.4, -0.2) is 36.5 Å². The summed E-state index contributed by atoms with van der Waals surface area (Å²) < 4.78 is 84.7. The Balaban J connectivity index is 1.68. The highest BCUT2D eigenvalue weighted by Crippen LogP contribution is 2.42. The maximum Gasteiger partial charge on any atom is 0.573 e. The number of anilines is 1. The molecule has 1 unspecified atom stereocenters. The molecule has 1 aliphatic carbocycles. The topological polar surface area (TPSA) is 41.9 Å². The van der Waals surface area contributed by atoms with Gasteiger partial charge < -0.3 is 19.5 Å². The van der Waals surface area contributed by atoms with Crippen molar-refractivity contribution in [2.45, 2.75) is 51.1 Å². The Morgan fingerprint density at radius 2 is 1.75 bits per heavy atom. The summed E-state index contributed by atoms with van der Waals surface area (Å²) in [6.45, 7) is 1.86. The lowest BCUT2D eigenvalue weighted by molar-refractivity contribution is -0.303. The van der Waals surface area contributed by atoms with Gasteiger partial charge in [-0.2, -0.15) is 0 Å². The van der Waals surface area contributed by atoms with Crippen LogP contribution in [0.15, 0.2) is 66.5 Å². The maximum absolute atomic E-state index is 12.8. The first-order chi connectivity index (χ1) is 16.9. The van der Waals surface area contributed by atoms with Crippen LogP contribution in [0.3, 0.4) is 0 Å². The summed E-state index contributed by atoms with van der Waals surface area (Å²) in [6, 6.07) is 11.0. The van der Waals surface area contributed by atoms with E-state index in [1.165, 1.54) is 30.4 Å². The van der Waals surface area contributed by atoms with Crippen molar-refractivity contribution in [2.75, 3.05) is 11.4 Å². The van der Waals surface area contributed by atoms with E-state index in [0.717, 1.165) is 16.8 Å². The van der Waals surface area contributed by atoms with E-state index < -0.39 is 18.8 Å². The molecule has 0 radical (unpaired) electrons. The summed E-state index contributed by atoms with van der Waals surface area (Å²) in [5, 5.41) is 10.2. The number of hydrogen-bond acceptors (Lipinski definition) is 4. The Morgan fingerprint density at radius 3 is 2.44 bits per heavy atom. The van der Waals surface area contributed by atoms with Crippen LogP contribution < -0.4 is 9.64 Å². The van der Waals surface area contributed by atoms with E-state index in [2.05, 4.69) is 9.47 Å². The van der Waals surface area contributed by atoms with Gasteiger partial charge in [0.2, 0.25) is 0 Å². The zero-order chi connectivity index (χ0) is 26.1. The van der Waals surface area contributed by atoms with Crippen LogP contribution in [0, 0.1) is 5.92 Å². The largest absolute Gasteiger partial charge is 0.573 e. The van der Waals surface area contributed by atoms with Crippen molar-refractivity contribution in [1.82, 2.24) is 0 Å². The number of halogens is 6. The number of aliphatic hydroxyl groups excluding tert-OH is 1. The van der Waals surface area contributed by atoms with Crippen LogP contribution >= 0.6 is 0 Å². The average molecular weight is 513 g/mol. The monoisotopic (exact) mass is 513 g/mol. The van der Waals surface area contributed by atoms with Crippen molar-refractivity contribution in [2.24, 2.45) is 5.92 Å². The van der Waals surface area contributed by atoms with Gasteiger partial charge in [-0.1, -0.05) is 30.3 Å². The smallest absolute Gasteiger partial charge is 0.406 e. The van der Waals surface area contributed by atoms with E-state index >= 15 is 0 Å². The summed E-state index contributed by atoms with van der Waals surface area (Å²) in [5.74, 6) is -0.883. The predicted molar refractivity (Wildman–Crippen MR) is 122 cm³/mol. The number of ether oxygens (including phenoxy) is 2. The fraction of sp³-hybridized carbons (Fsp3) is 0.385. The van der Waals surface area contributed by atoms with Gasteiger partial charge >= 0.3 is 12.7 Å². The number of rotatable bonds is 6. The van der Waals surface area contributed by atoms with Gasteiger partial charge in [-0.15, -0.1) is 26.3 Å². The third-order valence-corrected chi connectivity index (χ3v) is 6.19. The van der Waals surface area contributed by atoms with Crippen molar-refractivity contribution < 1.29 is 40.9 Å². The lowest BCUT2D eigenvalue weighted by atomic mass is 9.81. The van der Waals surface area contributed by atoms with Crippen molar-refractivity contribution in [3.05, 3.63) is 72.0 Å². The molecule has 0 saturated heterocycles. The molecule has 10 heteroatoms. The van der Waals surface area contributed by atoms with E-state index in [1.54, 1.807) is 25.1 Å². The zero-order valence-electron chi connectivity index (χ0n) is 19.3. The number of allylic oxidation sites excluding steroid dienone is 2. The second kappa shape index (κ2) is 10.1. The van der Waals surface area contributed by atoms with Crippen molar-refractivity contribution in [1.29, 1.82) is 0 Å². The Morgan fingerprint density at radius 1 is 1.03 bits per heavy atom. The third kappa shape index (κ3) is 6.34. The maximum atomic E-state index is 12.8. The summed E-state index contributed by atoms with van der Waals surface area (Å²) in [4.78, 5) is 1.98. The zero-order valence-corrected chi connectivity index (χ0v) is 19.3. The van der Waals surface area contributed by atoms with E-state index in [1.807, 2.05) is 17.0 Å². The molecule has 0 amide bonds. The second-order valence-corrected chi connectivity index (χ2v) is 8.91. The minimum atomic E-state index is -4.81. The number of benzene rings is 2. The van der Waals surface area contributed by atoms with Gasteiger partial charge in [0.15, 0.2) is 0 Å². The highest BCUT2D eigenvalue weighted by molar-refractivity contribution is 5.76. The van der Waals surface area contributed by atoms with Crippen LogP contribution in [0.2, 0.25) is 0 Å². The van der Waals surface area contributed by atoms with Gasteiger partial charge in [-0.25, -0.2) is 0 Å². The first kappa shape index (κ1) is 25.9. The molecular weight excluding hydrogens is 488 g/mol. The molecule has 4 rings (SSSR count). The highest BCUT2D eigenvalue weighted by atomic mass is 19.4. The number of fused-ring (bicyclic) bond motifs is 1. The van der Waals surface area contributed by atoms with E-state index in [4.69, 9.17) is 0 Å². The minimum Gasteiger partial charge on any atom is -0.406 e. The number of alkyl halides is 6. The number of hydrogen-bond donors (Lipinski definition) is 1. The summed E-state index contributed by atoms with van der Waals surface area (Å²) in [7, 11) is 0. The molecule has 0 fully saturated rings. The van der Waals surface area contributed by atoms with Gasteiger partial charge in [0.05, 0.1) is 6.10 Å². The summed E-state index contributed by atoms with van der Waals surface area (Å²) >= 11 is 0. The van der Waals surface area contributed by atoms with Crippen LogP contribution in [-0.2, 0) is 11.2 Å². The Labute approximate surface area is 204 Å². The van der Waals surface area contributed by atoms with Crippen molar-refractivity contribution >= 4 is 5.69 Å². The fourth-order valence-corrected chi connectivity index (χ4v) is 4.97. The molecule has 0 aromatic heterocycles. The molecule has 1 aliphatic heterocycles. The van der Waals surface area contributed by atoms with Crippen molar-refractivity contribution in [3.63, 3.8) is 0 Å². The molecule has 36 heavy (non-hydrogen) atoms. The number of aliphatic hydroxyl groups is 1.